The third-order valence-corrected chi connectivity index (χ3v) is 2.75. The standard InChI is InChI=1S/C13H17N2/c1-3-15-10-9-14(2)13(15)11-12-7-5-4-6-8-12/h4-10H,3,11H2,1-2H3/q+1. The number of aryl methyl sites for hydroxylation is 2. The Morgan fingerprint density at radius 3 is 2.60 bits per heavy atom. The molecule has 0 spiro atoms. The van der Waals surface area contributed by atoms with E-state index in [9.17, 15) is 0 Å². The Balaban J connectivity index is 2.27. The van der Waals surface area contributed by atoms with Crippen molar-refractivity contribution in [3.05, 3.63) is 54.1 Å². The van der Waals surface area contributed by atoms with Gasteiger partial charge in [0.05, 0.1) is 20.0 Å². The monoisotopic (exact) mass is 201 g/mol. The lowest BCUT2D eigenvalue weighted by atomic mass is 10.1. The molecule has 15 heavy (non-hydrogen) atoms. The third-order valence-electron chi connectivity index (χ3n) is 2.75. The maximum absolute atomic E-state index is 2.28. The minimum atomic E-state index is 0.998. The predicted octanol–water partition coefficient (Wildman–Crippen LogP) is 1.92. The smallest absolute Gasteiger partial charge is 0.237 e. The average molecular weight is 201 g/mol. The zero-order valence-electron chi connectivity index (χ0n) is 9.35. The highest BCUT2D eigenvalue weighted by molar-refractivity contribution is 5.17. The summed E-state index contributed by atoms with van der Waals surface area (Å²) in [6, 6.07) is 10.6. The van der Waals surface area contributed by atoms with Crippen molar-refractivity contribution in [3.8, 4) is 0 Å². The summed E-state index contributed by atoms with van der Waals surface area (Å²) in [5.74, 6) is 1.35. The zero-order valence-corrected chi connectivity index (χ0v) is 9.35. The van der Waals surface area contributed by atoms with Crippen molar-refractivity contribution in [2.75, 3.05) is 0 Å². The summed E-state index contributed by atoms with van der Waals surface area (Å²) in [6.45, 7) is 3.21. The Bertz CT molecular complexity index is 429. The van der Waals surface area contributed by atoms with E-state index in [4.69, 9.17) is 0 Å². The van der Waals surface area contributed by atoms with Gasteiger partial charge in [-0.3, -0.25) is 0 Å². The summed E-state index contributed by atoms with van der Waals surface area (Å²) < 4.78 is 4.48. The van der Waals surface area contributed by atoms with Gasteiger partial charge >= 0.3 is 0 Å². The van der Waals surface area contributed by atoms with Crippen molar-refractivity contribution >= 4 is 0 Å². The molecule has 0 amide bonds. The molecule has 1 heterocycles. The van der Waals surface area contributed by atoms with Crippen molar-refractivity contribution in [1.29, 1.82) is 0 Å². The van der Waals surface area contributed by atoms with E-state index in [0.29, 0.717) is 0 Å². The predicted molar refractivity (Wildman–Crippen MR) is 60.5 cm³/mol. The van der Waals surface area contributed by atoms with E-state index < -0.39 is 0 Å². The molecule has 1 aromatic heterocycles. The Morgan fingerprint density at radius 1 is 1.20 bits per heavy atom. The van der Waals surface area contributed by atoms with Crippen LogP contribution >= 0.6 is 0 Å². The highest BCUT2D eigenvalue weighted by Crippen LogP contribution is 2.05. The zero-order chi connectivity index (χ0) is 10.7. The molecule has 1 aromatic carbocycles. The minimum absolute atomic E-state index is 0.998. The second kappa shape index (κ2) is 4.30. The molecule has 0 N–H and O–H groups in total. The lowest BCUT2D eigenvalue weighted by molar-refractivity contribution is -0.700. The summed E-state index contributed by atoms with van der Waals surface area (Å²) in [4.78, 5) is 0. The molecule has 0 saturated heterocycles. The van der Waals surface area contributed by atoms with Crippen LogP contribution in [-0.2, 0) is 20.0 Å². The number of benzene rings is 1. The fraction of sp³-hybridized carbons (Fsp3) is 0.308. The van der Waals surface area contributed by atoms with Gasteiger partial charge in [-0.1, -0.05) is 30.3 Å². The molecule has 2 heteroatoms. The van der Waals surface area contributed by atoms with E-state index in [0.717, 1.165) is 13.0 Å². The molecule has 2 nitrogen and oxygen atoms in total. The lowest BCUT2D eigenvalue weighted by Crippen LogP contribution is -2.35. The van der Waals surface area contributed by atoms with Crippen LogP contribution in [-0.4, -0.2) is 4.57 Å². The third kappa shape index (κ3) is 2.09. The first-order valence-corrected chi connectivity index (χ1v) is 5.39. The minimum Gasteiger partial charge on any atom is -0.237 e. The van der Waals surface area contributed by atoms with Crippen molar-refractivity contribution in [3.63, 3.8) is 0 Å². The maximum atomic E-state index is 2.28. The molecule has 2 aromatic rings. The van der Waals surface area contributed by atoms with Crippen LogP contribution in [0.15, 0.2) is 42.7 Å². The fourth-order valence-electron chi connectivity index (χ4n) is 1.85. The average Bonchev–Trinajstić information content (AvgIpc) is 2.62. The van der Waals surface area contributed by atoms with Gasteiger partial charge in [0.1, 0.15) is 12.4 Å². The number of aromatic nitrogens is 2. The van der Waals surface area contributed by atoms with Crippen LogP contribution in [0.4, 0.5) is 0 Å². The first-order valence-electron chi connectivity index (χ1n) is 5.39. The van der Waals surface area contributed by atoms with Crippen LogP contribution in [0.3, 0.4) is 0 Å². The topological polar surface area (TPSA) is 8.81 Å². The molecular formula is C13H17N2+. The highest BCUT2D eigenvalue weighted by atomic mass is 15.1. The first kappa shape index (κ1) is 9.97. The summed E-state index contributed by atoms with van der Waals surface area (Å²) in [5, 5.41) is 0. The SMILES string of the molecule is CC[n+]1ccn(C)c1Cc1ccccc1. The van der Waals surface area contributed by atoms with Crippen molar-refractivity contribution < 1.29 is 4.57 Å². The molecule has 0 bridgehead atoms. The Hall–Kier alpha value is -1.57. The fourth-order valence-corrected chi connectivity index (χ4v) is 1.85. The number of imidazole rings is 1. The molecule has 0 fully saturated rings. The number of hydrogen-bond donors (Lipinski definition) is 0. The van der Waals surface area contributed by atoms with E-state index in [1.54, 1.807) is 0 Å². The van der Waals surface area contributed by atoms with E-state index in [-0.39, 0.29) is 0 Å². The van der Waals surface area contributed by atoms with E-state index >= 15 is 0 Å². The van der Waals surface area contributed by atoms with Gasteiger partial charge in [0, 0.05) is 0 Å². The van der Waals surface area contributed by atoms with E-state index in [1.807, 2.05) is 0 Å². The molecule has 0 aliphatic heterocycles. The number of hydrogen-bond acceptors (Lipinski definition) is 0. The molecule has 0 saturated carbocycles. The molecule has 78 valence electrons. The normalized spacial score (nSPS) is 10.5. The Labute approximate surface area is 90.8 Å². The molecule has 2 rings (SSSR count). The van der Waals surface area contributed by atoms with Gasteiger partial charge < -0.3 is 0 Å². The first-order chi connectivity index (χ1) is 7.31. The van der Waals surface area contributed by atoms with Gasteiger partial charge in [-0.2, -0.15) is 0 Å². The van der Waals surface area contributed by atoms with Crippen molar-refractivity contribution in [2.45, 2.75) is 19.9 Å². The summed E-state index contributed by atoms with van der Waals surface area (Å²) in [5.41, 5.74) is 1.36. The number of rotatable bonds is 3. The molecule has 0 radical (unpaired) electrons. The second-order valence-electron chi connectivity index (χ2n) is 3.77. The second-order valence-corrected chi connectivity index (χ2v) is 3.77. The van der Waals surface area contributed by atoms with Gasteiger partial charge in [0.15, 0.2) is 0 Å². The van der Waals surface area contributed by atoms with Gasteiger partial charge in [0.25, 0.3) is 5.82 Å². The van der Waals surface area contributed by atoms with Crippen molar-refractivity contribution in [1.82, 2.24) is 4.57 Å². The van der Waals surface area contributed by atoms with Crippen LogP contribution in [0, 0.1) is 0 Å². The van der Waals surface area contributed by atoms with Gasteiger partial charge in [-0.05, 0) is 12.5 Å². The summed E-state index contributed by atoms with van der Waals surface area (Å²) in [6.07, 6.45) is 5.25. The molecular weight excluding hydrogens is 184 g/mol. The maximum Gasteiger partial charge on any atom is 0.260 e. The molecule has 0 aliphatic rings. The Kier molecular flexibility index (Phi) is 2.86. The van der Waals surface area contributed by atoms with Crippen molar-refractivity contribution in [2.24, 2.45) is 7.05 Å². The molecule has 0 unspecified atom stereocenters. The van der Waals surface area contributed by atoms with E-state index in [2.05, 4.69) is 65.8 Å². The largest absolute Gasteiger partial charge is 0.260 e. The summed E-state index contributed by atoms with van der Waals surface area (Å²) in [7, 11) is 2.10. The van der Waals surface area contributed by atoms with Gasteiger partial charge in [-0.25, -0.2) is 9.13 Å². The summed E-state index contributed by atoms with van der Waals surface area (Å²) >= 11 is 0. The van der Waals surface area contributed by atoms with Gasteiger partial charge in [0.2, 0.25) is 0 Å². The van der Waals surface area contributed by atoms with Crippen LogP contribution in [0.1, 0.15) is 18.3 Å². The quantitative estimate of drug-likeness (QED) is 0.671. The van der Waals surface area contributed by atoms with Crippen LogP contribution in [0.2, 0.25) is 0 Å². The lowest BCUT2D eigenvalue weighted by Gasteiger charge is -2.00. The highest BCUT2D eigenvalue weighted by Gasteiger charge is 2.12. The van der Waals surface area contributed by atoms with Crippen LogP contribution in [0.25, 0.3) is 0 Å². The van der Waals surface area contributed by atoms with E-state index in [1.165, 1.54) is 11.4 Å². The number of nitrogens with zero attached hydrogens (tertiary/aromatic N) is 2. The van der Waals surface area contributed by atoms with Gasteiger partial charge in [-0.15, -0.1) is 0 Å². The molecule has 0 aliphatic carbocycles. The Morgan fingerprint density at radius 2 is 1.93 bits per heavy atom. The molecule has 0 atom stereocenters. The van der Waals surface area contributed by atoms with Crippen LogP contribution in [0.5, 0.6) is 0 Å². The van der Waals surface area contributed by atoms with Crippen LogP contribution < -0.4 is 4.57 Å².